The van der Waals surface area contributed by atoms with Gasteiger partial charge in [0.1, 0.15) is 5.75 Å². The molecule has 21 heavy (non-hydrogen) atoms. The van der Waals surface area contributed by atoms with Gasteiger partial charge in [-0.1, -0.05) is 32.1 Å². The number of benzene rings is 1. The number of para-hydroxylation sites is 1. The van der Waals surface area contributed by atoms with Crippen LogP contribution < -0.4 is 5.43 Å². The van der Waals surface area contributed by atoms with Crippen LogP contribution in [0.4, 0.5) is 0 Å². The Kier molecular flexibility index (Phi) is 3.32. The molecular formula is C17H20N2O2. The number of fused-ring (bicyclic) bond motifs is 1. The van der Waals surface area contributed by atoms with Crippen molar-refractivity contribution in [1.29, 1.82) is 0 Å². The maximum Gasteiger partial charge on any atom is 0.275 e. The summed E-state index contributed by atoms with van der Waals surface area (Å²) in [5, 5.41) is 13.7. The van der Waals surface area contributed by atoms with Crippen molar-refractivity contribution in [3.05, 3.63) is 41.5 Å². The molecule has 0 radical (unpaired) electrons. The second-order valence-corrected chi connectivity index (χ2v) is 6.46. The van der Waals surface area contributed by atoms with E-state index in [0.717, 1.165) is 12.3 Å². The number of phenolic OH excluding ortho intramolecular Hbond substituents is 1. The van der Waals surface area contributed by atoms with Gasteiger partial charge in [-0.3, -0.25) is 4.79 Å². The van der Waals surface area contributed by atoms with Crippen LogP contribution in [0.1, 0.15) is 37.0 Å². The topological polar surface area (TPSA) is 61.7 Å². The van der Waals surface area contributed by atoms with Crippen LogP contribution in [-0.4, -0.2) is 17.2 Å². The van der Waals surface area contributed by atoms with E-state index in [4.69, 9.17) is 0 Å². The second kappa shape index (κ2) is 5.02. The molecule has 0 spiro atoms. The van der Waals surface area contributed by atoms with Gasteiger partial charge in [0.25, 0.3) is 5.91 Å². The Bertz CT molecular complexity index is 631. The quantitative estimate of drug-likeness (QED) is 0.662. The molecule has 0 unspecified atom stereocenters. The molecule has 1 saturated carbocycles. The Balaban J connectivity index is 1.65. The fourth-order valence-corrected chi connectivity index (χ4v) is 3.44. The van der Waals surface area contributed by atoms with E-state index in [2.05, 4.69) is 30.5 Å². The highest BCUT2D eigenvalue weighted by atomic mass is 16.3. The lowest BCUT2D eigenvalue weighted by Crippen LogP contribution is -2.48. The van der Waals surface area contributed by atoms with Crippen LogP contribution >= 0.6 is 0 Å². The van der Waals surface area contributed by atoms with Gasteiger partial charge in [-0.15, -0.1) is 0 Å². The van der Waals surface area contributed by atoms with Crippen molar-refractivity contribution in [3.8, 4) is 5.75 Å². The summed E-state index contributed by atoms with van der Waals surface area (Å²) in [5.74, 6) is 0.897. The van der Waals surface area contributed by atoms with Crippen molar-refractivity contribution in [3.63, 3.8) is 0 Å². The smallest absolute Gasteiger partial charge is 0.275 e. The molecule has 4 nitrogen and oxygen atoms in total. The standard InChI is InChI=1S/C17H20N2O2/c1-17(2)12-8-7-11(14(17)9-12)10-18-19-16(21)13-5-3-4-6-15(13)20/h3-7,10,12,14,20H,8-9H2,1-2H3,(H,19,21)/t12-,14+/m0/s1. The number of carbonyl (C=O) groups is 1. The molecule has 0 aliphatic heterocycles. The van der Waals surface area contributed by atoms with E-state index in [1.807, 2.05) is 0 Å². The maximum atomic E-state index is 11.9. The highest BCUT2D eigenvalue weighted by Gasteiger charge is 2.50. The lowest BCUT2D eigenvalue weighted by atomic mass is 9.49. The summed E-state index contributed by atoms with van der Waals surface area (Å²) in [7, 11) is 0. The summed E-state index contributed by atoms with van der Waals surface area (Å²) in [6.07, 6.45) is 6.29. The second-order valence-electron chi connectivity index (χ2n) is 6.46. The highest BCUT2D eigenvalue weighted by Crippen LogP contribution is 2.58. The number of hydrogen-bond acceptors (Lipinski definition) is 3. The summed E-state index contributed by atoms with van der Waals surface area (Å²) in [4.78, 5) is 11.9. The van der Waals surface area contributed by atoms with Crippen LogP contribution in [0.5, 0.6) is 5.75 Å². The Morgan fingerprint density at radius 3 is 2.86 bits per heavy atom. The van der Waals surface area contributed by atoms with Crippen molar-refractivity contribution in [2.45, 2.75) is 26.7 Å². The molecular weight excluding hydrogens is 264 g/mol. The Hall–Kier alpha value is -2.10. The number of hydrazone groups is 1. The molecule has 0 aromatic heterocycles. The van der Waals surface area contributed by atoms with Gasteiger partial charge in [-0.2, -0.15) is 5.10 Å². The first kappa shape index (κ1) is 13.9. The average Bonchev–Trinajstić information content (AvgIpc) is 2.47. The predicted molar refractivity (Wildman–Crippen MR) is 82.1 cm³/mol. The summed E-state index contributed by atoms with van der Waals surface area (Å²) >= 11 is 0. The lowest BCUT2D eigenvalue weighted by molar-refractivity contribution is -0.00126. The number of allylic oxidation sites excluding steroid dienone is 2. The zero-order valence-electron chi connectivity index (χ0n) is 12.3. The van der Waals surface area contributed by atoms with Gasteiger partial charge in [0.2, 0.25) is 0 Å². The number of nitrogens with zero attached hydrogens (tertiary/aromatic N) is 1. The molecule has 1 fully saturated rings. The fraction of sp³-hybridized carbons (Fsp3) is 0.412. The number of nitrogens with one attached hydrogen (secondary N) is 1. The molecule has 110 valence electrons. The van der Waals surface area contributed by atoms with Crippen LogP contribution in [0.15, 0.2) is 41.0 Å². The number of phenols is 1. The van der Waals surface area contributed by atoms with Crippen molar-refractivity contribution < 1.29 is 9.90 Å². The molecule has 2 atom stereocenters. The van der Waals surface area contributed by atoms with Crippen molar-refractivity contribution >= 4 is 12.1 Å². The molecule has 2 N–H and O–H groups in total. The highest BCUT2D eigenvalue weighted by molar-refractivity contribution is 5.97. The van der Waals surface area contributed by atoms with Gasteiger partial charge in [-0.25, -0.2) is 5.43 Å². The van der Waals surface area contributed by atoms with E-state index >= 15 is 0 Å². The van der Waals surface area contributed by atoms with E-state index in [9.17, 15) is 9.90 Å². The molecule has 3 aliphatic carbocycles. The Morgan fingerprint density at radius 1 is 1.43 bits per heavy atom. The van der Waals surface area contributed by atoms with Crippen LogP contribution in [-0.2, 0) is 0 Å². The third kappa shape index (κ3) is 2.35. The zero-order chi connectivity index (χ0) is 15.0. The Morgan fingerprint density at radius 2 is 2.19 bits per heavy atom. The minimum atomic E-state index is -0.397. The average molecular weight is 284 g/mol. The first-order chi connectivity index (χ1) is 10.00. The molecule has 1 aromatic carbocycles. The van der Waals surface area contributed by atoms with Gasteiger partial charge >= 0.3 is 0 Å². The summed E-state index contributed by atoms with van der Waals surface area (Å²) in [6, 6.07) is 6.44. The van der Waals surface area contributed by atoms with Gasteiger partial charge in [0.15, 0.2) is 0 Å². The third-order valence-corrected chi connectivity index (χ3v) is 5.04. The number of carbonyl (C=O) groups excluding carboxylic acids is 1. The van der Waals surface area contributed by atoms with Crippen molar-refractivity contribution in [1.82, 2.24) is 5.43 Å². The molecule has 3 aliphatic rings. The molecule has 1 aromatic rings. The number of rotatable bonds is 3. The van der Waals surface area contributed by atoms with Crippen LogP contribution in [0.25, 0.3) is 0 Å². The minimum Gasteiger partial charge on any atom is -0.507 e. The van der Waals surface area contributed by atoms with Gasteiger partial charge in [-0.05, 0) is 47.8 Å². The normalized spacial score (nSPS) is 26.1. The van der Waals surface area contributed by atoms with Crippen LogP contribution in [0, 0.1) is 17.3 Å². The fourth-order valence-electron chi connectivity index (χ4n) is 3.44. The van der Waals surface area contributed by atoms with Gasteiger partial charge in [0.05, 0.1) is 11.8 Å². The van der Waals surface area contributed by atoms with Crippen molar-refractivity contribution in [2.75, 3.05) is 0 Å². The first-order valence-electron chi connectivity index (χ1n) is 7.31. The molecule has 1 amide bonds. The van der Waals surface area contributed by atoms with E-state index in [0.29, 0.717) is 11.3 Å². The van der Waals surface area contributed by atoms with Gasteiger partial charge in [0, 0.05) is 0 Å². The van der Waals surface area contributed by atoms with E-state index in [1.54, 1.807) is 24.4 Å². The largest absolute Gasteiger partial charge is 0.507 e. The zero-order valence-corrected chi connectivity index (χ0v) is 12.3. The Labute approximate surface area is 124 Å². The molecule has 2 bridgehead atoms. The predicted octanol–water partition coefficient (Wildman–Crippen LogP) is 3.10. The number of amides is 1. The maximum absolute atomic E-state index is 11.9. The first-order valence-corrected chi connectivity index (χ1v) is 7.31. The van der Waals surface area contributed by atoms with E-state index in [-0.39, 0.29) is 11.3 Å². The molecule has 4 heteroatoms. The lowest BCUT2D eigenvalue weighted by Gasteiger charge is -2.55. The van der Waals surface area contributed by atoms with E-state index < -0.39 is 5.91 Å². The molecule has 0 saturated heterocycles. The van der Waals surface area contributed by atoms with E-state index in [1.165, 1.54) is 18.1 Å². The number of aromatic hydroxyl groups is 1. The third-order valence-electron chi connectivity index (χ3n) is 5.04. The minimum absolute atomic E-state index is 0.0370. The van der Waals surface area contributed by atoms with Crippen LogP contribution in [0.3, 0.4) is 0 Å². The SMILES string of the molecule is CC1(C)[C@H]2CC=C(C=NNC(=O)c3ccccc3O)[C@H]1C2. The summed E-state index contributed by atoms with van der Waals surface area (Å²) in [5.41, 5.74) is 4.27. The molecule has 0 heterocycles. The number of hydrogen-bond donors (Lipinski definition) is 2. The van der Waals surface area contributed by atoms with Gasteiger partial charge < -0.3 is 5.11 Å². The summed E-state index contributed by atoms with van der Waals surface area (Å²) in [6.45, 7) is 4.60. The molecule has 4 rings (SSSR count). The summed E-state index contributed by atoms with van der Waals surface area (Å²) < 4.78 is 0. The monoisotopic (exact) mass is 284 g/mol. The van der Waals surface area contributed by atoms with Crippen molar-refractivity contribution in [2.24, 2.45) is 22.4 Å². The van der Waals surface area contributed by atoms with Crippen LogP contribution in [0.2, 0.25) is 0 Å².